The maximum Gasteiger partial charge on any atom is 0.416 e. The standard InChI is InChI=1S/C22H16F3N3S/c23-22(24,25)16-11-12-18(17(26)13-16)29-21-27-19(14-7-3-1-4-8-14)20(28-21)15-9-5-2-6-10-15/h1-13H,26H2,(H,27,28). The number of hydrogen-bond acceptors (Lipinski definition) is 3. The SMILES string of the molecule is Nc1cc(C(F)(F)F)ccc1Sc1nc(-c2ccccc2)c(-c2ccccc2)[nH]1. The van der Waals surface area contributed by atoms with Crippen LogP contribution in [0.25, 0.3) is 22.5 Å². The summed E-state index contributed by atoms with van der Waals surface area (Å²) in [6.07, 6.45) is -4.43. The predicted octanol–water partition coefficient (Wildman–Crippen LogP) is 6.50. The van der Waals surface area contributed by atoms with Gasteiger partial charge in [0, 0.05) is 21.7 Å². The maximum atomic E-state index is 12.9. The highest BCUT2D eigenvalue weighted by Gasteiger charge is 2.31. The molecule has 29 heavy (non-hydrogen) atoms. The van der Waals surface area contributed by atoms with E-state index in [0.29, 0.717) is 10.1 Å². The van der Waals surface area contributed by atoms with Crippen LogP contribution in [0, 0.1) is 0 Å². The van der Waals surface area contributed by atoms with Gasteiger partial charge in [-0.05, 0) is 30.0 Å². The van der Waals surface area contributed by atoms with E-state index >= 15 is 0 Å². The van der Waals surface area contributed by atoms with E-state index in [9.17, 15) is 13.2 Å². The Kier molecular flexibility index (Phi) is 5.07. The number of hydrogen-bond donors (Lipinski definition) is 2. The highest BCUT2D eigenvalue weighted by Crippen LogP contribution is 2.38. The molecule has 3 nitrogen and oxygen atoms in total. The first-order valence-corrected chi connectivity index (χ1v) is 9.59. The van der Waals surface area contributed by atoms with E-state index in [1.165, 1.54) is 17.8 Å². The molecule has 1 aromatic heterocycles. The topological polar surface area (TPSA) is 54.7 Å². The summed E-state index contributed by atoms with van der Waals surface area (Å²) in [6, 6.07) is 22.8. The van der Waals surface area contributed by atoms with Gasteiger partial charge in [0.1, 0.15) is 0 Å². The summed E-state index contributed by atoms with van der Waals surface area (Å²) in [7, 11) is 0. The van der Waals surface area contributed by atoms with Crippen LogP contribution in [0.3, 0.4) is 0 Å². The van der Waals surface area contributed by atoms with E-state index in [-0.39, 0.29) is 5.69 Å². The smallest absolute Gasteiger partial charge is 0.398 e. The Hall–Kier alpha value is -3.19. The van der Waals surface area contributed by atoms with Crippen molar-refractivity contribution in [2.45, 2.75) is 16.2 Å². The number of nitrogen functional groups attached to an aromatic ring is 1. The lowest BCUT2D eigenvalue weighted by molar-refractivity contribution is -0.137. The Morgan fingerprint density at radius 3 is 2.03 bits per heavy atom. The van der Waals surface area contributed by atoms with Crippen LogP contribution in [0.2, 0.25) is 0 Å². The Bertz CT molecular complexity index is 1070. The van der Waals surface area contributed by atoms with Crippen molar-refractivity contribution in [1.82, 2.24) is 9.97 Å². The Morgan fingerprint density at radius 1 is 0.828 bits per heavy atom. The molecule has 0 saturated carbocycles. The fourth-order valence-electron chi connectivity index (χ4n) is 2.94. The minimum absolute atomic E-state index is 0.0590. The summed E-state index contributed by atoms with van der Waals surface area (Å²) in [6.45, 7) is 0. The van der Waals surface area contributed by atoms with Gasteiger partial charge in [-0.1, -0.05) is 60.7 Å². The quantitative estimate of drug-likeness (QED) is 0.377. The van der Waals surface area contributed by atoms with Crippen LogP contribution in [0.5, 0.6) is 0 Å². The van der Waals surface area contributed by atoms with Gasteiger partial charge in [0.15, 0.2) is 5.16 Å². The number of anilines is 1. The third kappa shape index (κ3) is 4.14. The number of halogens is 3. The number of aromatic nitrogens is 2. The van der Waals surface area contributed by atoms with Crippen LogP contribution in [0.4, 0.5) is 18.9 Å². The van der Waals surface area contributed by atoms with Gasteiger partial charge in [0.25, 0.3) is 0 Å². The predicted molar refractivity (Wildman–Crippen MR) is 109 cm³/mol. The number of benzene rings is 3. The molecule has 0 unspecified atom stereocenters. The van der Waals surface area contributed by atoms with Gasteiger partial charge in [-0.15, -0.1) is 0 Å². The van der Waals surface area contributed by atoms with Gasteiger partial charge < -0.3 is 10.7 Å². The van der Waals surface area contributed by atoms with Gasteiger partial charge in [0.05, 0.1) is 17.0 Å². The molecule has 146 valence electrons. The Balaban J connectivity index is 1.73. The summed E-state index contributed by atoms with van der Waals surface area (Å²) in [4.78, 5) is 8.49. The molecule has 0 saturated heterocycles. The van der Waals surface area contributed by atoms with Crippen LogP contribution in [0.15, 0.2) is 88.9 Å². The molecule has 4 rings (SSSR count). The molecule has 1 heterocycles. The first-order chi connectivity index (χ1) is 13.9. The molecule has 0 fully saturated rings. The lowest BCUT2D eigenvalue weighted by Gasteiger charge is -2.09. The van der Waals surface area contributed by atoms with Gasteiger partial charge in [-0.25, -0.2) is 4.98 Å². The number of nitrogens with two attached hydrogens (primary N) is 1. The number of rotatable bonds is 4. The van der Waals surface area contributed by atoms with E-state index < -0.39 is 11.7 Å². The van der Waals surface area contributed by atoms with Gasteiger partial charge in [-0.3, -0.25) is 0 Å². The first-order valence-electron chi connectivity index (χ1n) is 8.77. The van der Waals surface area contributed by atoms with Crippen LogP contribution in [0.1, 0.15) is 5.56 Å². The highest BCUT2D eigenvalue weighted by molar-refractivity contribution is 7.99. The third-order valence-corrected chi connectivity index (χ3v) is 5.31. The molecule has 0 atom stereocenters. The minimum Gasteiger partial charge on any atom is -0.398 e. The molecular formula is C22H16F3N3S. The molecule has 0 aliphatic carbocycles. The zero-order valence-electron chi connectivity index (χ0n) is 15.1. The highest BCUT2D eigenvalue weighted by atomic mass is 32.2. The maximum absolute atomic E-state index is 12.9. The molecule has 4 aromatic rings. The number of H-pyrrole nitrogens is 1. The van der Waals surface area contributed by atoms with Crippen LogP contribution < -0.4 is 5.73 Å². The fourth-order valence-corrected chi connectivity index (χ4v) is 3.75. The number of nitrogens with zero attached hydrogens (tertiary/aromatic N) is 1. The summed E-state index contributed by atoms with van der Waals surface area (Å²) < 4.78 is 38.6. The van der Waals surface area contributed by atoms with Crippen molar-refractivity contribution >= 4 is 17.4 Å². The second kappa shape index (κ2) is 7.67. The Morgan fingerprint density at radius 2 is 1.45 bits per heavy atom. The van der Waals surface area contributed by atoms with Crippen molar-refractivity contribution in [3.05, 3.63) is 84.4 Å². The van der Waals surface area contributed by atoms with Crippen molar-refractivity contribution < 1.29 is 13.2 Å². The summed E-state index contributed by atoms with van der Waals surface area (Å²) in [5.74, 6) is 0. The summed E-state index contributed by atoms with van der Waals surface area (Å²) in [5.41, 5.74) is 8.67. The molecule has 0 radical (unpaired) electrons. The molecule has 0 aliphatic rings. The van der Waals surface area contributed by atoms with Gasteiger partial charge in [0.2, 0.25) is 0 Å². The van der Waals surface area contributed by atoms with E-state index in [0.717, 1.165) is 34.6 Å². The average molecular weight is 411 g/mol. The zero-order chi connectivity index (χ0) is 20.4. The molecule has 0 bridgehead atoms. The van der Waals surface area contributed by atoms with Crippen LogP contribution in [-0.2, 0) is 6.18 Å². The number of aromatic amines is 1. The van der Waals surface area contributed by atoms with E-state index in [1.54, 1.807) is 0 Å². The molecule has 0 amide bonds. The molecule has 7 heteroatoms. The molecule has 3 aromatic carbocycles. The molecule has 0 spiro atoms. The van der Waals surface area contributed by atoms with Crippen molar-refractivity contribution in [2.75, 3.05) is 5.73 Å². The lowest BCUT2D eigenvalue weighted by Crippen LogP contribution is -2.05. The average Bonchev–Trinajstić information content (AvgIpc) is 3.14. The number of imidazole rings is 1. The normalized spacial score (nSPS) is 11.6. The van der Waals surface area contributed by atoms with Crippen molar-refractivity contribution in [3.8, 4) is 22.5 Å². The van der Waals surface area contributed by atoms with E-state index in [4.69, 9.17) is 10.7 Å². The second-order valence-electron chi connectivity index (χ2n) is 6.35. The Labute approximate surface area is 169 Å². The minimum atomic E-state index is -4.43. The van der Waals surface area contributed by atoms with E-state index in [1.807, 2.05) is 60.7 Å². The zero-order valence-corrected chi connectivity index (χ0v) is 15.9. The fraction of sp³-hybridized carbons (Fsp3) is 0.0455. The molecule has 3 N–H and O–H groups in total. The summed E-state index contributed by atoms with van der Waals surface area (Å²) >= 11 is 1.20. The van der Waals surface area contributed by atoms with Gasteiger partial charge >= 0.3 is 6.18 Å². The largest absolute Gasteiger partial charge is 0.416 e. The van der Waals surface area contributed by atoms with Crippen molar-refractivity contribution in [2.24, 2.45) is 0 Å². The first kappa shape index (κ1) is 19.1. The van der Waals surface area contributed by atoms with Crippen LogP contribution >= 0.6 is 11.8 Å². The summed E-state index contributed by atoms with van der Waals surface area (Å²) in [5, 5.41) is 0.550. The molecule has 0 aliphatic heterocycles. The lowest BCUT2D eigenvalue weighted by atomic mass is 10.1. The van der Waals surface area contributed by atoms with Crippen molar-refractivity contribution in [3.63, 3.8) is 0 Å². The van der Waals surface area contributed by atoms with Crippen LogP contribution in [-0.4, -0.2) is 9.97 Å². The van der Waals surface area contributed by atoms with Crippen molar-refractivity contribution in [1.29, 1.82) is 0 Å². The second-order valence-corrected chi connectivity index (χ2v) is 7.38. The molecular weight excluding hydrogens is 395 g/mol. The number of nitrogens with one attached hydrogen (secondary N) is 1. The van der Waals surface area contributed by atoms with Gasteiger partial charge in [-0.2, -0.15) is 13.2 Å². The number of alkyl halides is 3. The monoisotopic (exact) mass is 411 g/mol. The van der Waals surface area contributed by atoms with E-state index in [2.05, 4.69) is 4.98 Å². The third-order valence-electron chi connectivity index (χ3n) is 4.34.